The summed E-state index contributed by atoms with van der Waals surface area (Å²) in [7, 11) is 0. The molecule has 0 unspecified atom stereocenters. The third kappa shape index (κ3) is 2.51. The lowest BCUT2D eigenvalue weighted by atomic mass is 10.1. The predicted molar refractivity (Wildman–Crippen MR) is 104 cm³/mol. The fraction of sp³-hybridized carbons (Fsp3) is 0.200. The number of thiophene rings is 1. The molecule has 0 saturated heterocycles. The quantitative estimate of drug-likeness (QED) is 0.583. The van der Waals surface area contributed by atoms with Crippen molar-refractivity contribution in [1.82, 2.24) is 9.97 Å². The zero-order chi connectivity index (χ0) is 16.8. The van der Waals surface area contributed by atoms with Gasteiger partial charge >= 0.3 is 0 Å². The number of hydrogen-bond acceptors (Lipinski definition) is 4. The number of fused-ring (bicyclic) bond motifs is 4. The molecule has 1 aliphatic carbocycles. The lowest BCUT2D eigenvalue weighted by Crippen LogP contribution is -2.14. The van der Waals surface area contributed by atoms with Crippen molar-refractivity contribution in [3.05, 3.63) is 69.1 Å². The summed E-state index contributed by atoms with van der Waals surface area (Å²) in [6.07, 6.45) is 3.25. The fourth-order valence-corrected chi connectivity index (χ4v) is 4.90. The van der Waals surface area contributed by atoms with E-state index in [0.717, 1.165) is 35.2 Å². The van der Waals surface area contributed by atoms with Gasteiger partial charge in [-0.1, -0.05) is 30.3 Å². The van der Waals surface area contributed by atoms with Gasteiger partial charge in [0, 0.05) is 10.6 Å². The molecular formula is C20H17N3OS. The largest absolute Gasteiger partial charge is 0.378 e. The topological polar surface area (TPSA) is 57.8 Å². The van der Waals surface area contributed by atoms with Crippen LogP contribution >= 0.6 is 11.3 Å². The fourth-order valence-electron chi connectivity index (χ4n) is 3.62. The molecule has 0 saturated carbocycles. The molecule has 124 valence electrons. The Labute approximate surface area is 148 Å². The molecule has 0 aliphatic heterocycles. The Kier molecular flexibility index (Phi) is 3.35. The van der Waals surface area contributed by atoms with Gasteiger partial charge in [0.05, 0.1) is 11.9 Å². The normalized spacial score (nSPS) is 13.4. The number of rotatable bonds is 3. The van der Waals surface area contributed by atoms with Crippen LogP contribution in [0.5, 0.6) is 0 Å². The molecule has 0 atom stereocenters. The molecule has 2 aromatic carbocycles. The molecule has 0 radical (unpaired) electrons. The molecule has 4 nitrogen and oxygen atoms in total. The summed E-state index contributed by atoms with van der Waals surface area (Å²) in [4.78, 5) is 22.3. The van der Waals surface area contributed by atoms with Crippen molar-refractivity contribution in [3.8, 4) is 0 Å². The van der Waals surface area contributed by atoms with Crippen LogP contribution in [0.2, 0.25) is 0 Å². The first-order chi connectivity index (χ1) is 12.3. The van der Waals surface area contributed by atoms with Crippen molar-refractivity contribution in [2.45, 2.75) is 25.8 Å². The number of H-pyrrole nitrogens is 1. The van der Waals surface area contributed by atoms with Gasteiger partial charge < -0.3 is 10.3 Å². The molecule has 1 aliphatic rings. The van der Waals surface area contributed by atoms with E-state index in [0.29, 0.717) is 12.4 Å². The van der Waals surface area contributed by atoms with Crippen LogP contribution in [0, 0.1) is 0 Å². The third-order valence-electron chi connectivity index (χ3n) is 4.83. The highest BCUT2D eigenvalue weighted by Crippen LogP contribution is 2.34. The van der Waals surface area contributed by atoms with E-state index >= 15 is 0 Å². The molecular weight excluding hydrogens is 330 g/mol. The summed E-state index contributed by atoms with van der Waals surface area (Å²) >= 11 is 1.68. The number of nitrogens with one attached hydrogen (secondary N) is 2. The SMILES string of the molecule is O=c1[nH]c(CNc2ccc3ccccc3c2)nc2sc3c(c12)CCC3. The van der Waals surface area contributed by atoms with Crippen LogP contribution in [0.3, 0.4) is 0 Å². The smallest absolute Gasteiger partial charge is 0.259 e. The molecule has 0 spiro atoms. The summed E-state index contributed by atoms with van der Waals surface area (Å²) in [5, 5.41) is 6.59. The second-order valence-corrected chi connectivity index (χ2v) is 7.55. The zero-order valence-corrected chi connectivity index (χ0v) is 14.5. The van der Waals surface area contributed by atoms with Gasteiger partial charge in [-0.2, -0.15) is 0 Å². The van der Waals surface area contributed by atoms with Crippen molar-refractivity contribution >= 4 is 38.0 Å². The molecule has 4 aromatic rings. The van der Waals surface area contributed by atoms with E-state index in [4.69, 9.17) is 0 Å². The second kappa shape index (κ2) is 5.70. The molecule has 0 bridgehead atoms. The first-order valence-corrected chi connectivity index (χ1v) is 9.36. The maximum absolute atomic E-state index is 12.5. The first kappa shape index (κ1) is 14.7. The van der Waals surface area contributed by atoms with Crippen molar-refractivity contribution in [1.29, 1.82) is 0 Å². The number of aryl methyl sites for hydroxylation is 2. The second-order valence-electron chi connectivity index (χ2n) is 6.47. The molecule has 0 fully saturated rings. The van der Waals surface area contributed by atoms with Crippen LogP contribution in [-0.4, -0.2) is 9.97 Å². The Balaban J connectivity index is 1.44. The first-order valence-electron chi connectivity index (χ1n) is 8.54. The molecule has 2 N–H and O–H groups in total. The average Bonchev–Trinajstić information content (AvgIpc) is 3.20. The number of aromatic nitrogens is 2. The minimum absolute atomic E-state index is 0.000267. The Hall–Kier alpha value is -2.66. The Bertz CT molecular complexity index is 1160. The van der Waals surface area contributed by atoms with Crippen LogP contribution in [0.4, 0.5) is 5.69 Å². The third-order valence-corrected chi connectivity index (χ3v) is 6.02. The maximum Gasteiger partial charge on any atom is 0.259 e. The summed E-state index contributed by atoms with van der Waals surface area (Å²) in [5.41, 5.74) is 2.25. The Morgan fingerprint density at radius 3 is 2.92 bits per heavy atom. The minimum atomic E-state index is -0.000267. The van der Waals surface area contributed by atoms with E-state index in [1.165, 1.54) is 21.2 Å². The van der Waals surface area contributed by atoms with Crippen LogP contribution in [0.25, 0.3) is 21.0 Å². The van der Waals surface area contributed by atoms with Crippen molar-refractivity contribution in [2.75, 3.05) is 5.32 Å². The van der Waals surface area contributed by atoms with Crippen LogP contribution in [0.15, 0.2) is 47.3 Å². The van der Waals surface area contributed by atoms with Gasteiger partial charge in [0.2, 0.25) is 0 Å². The van der Waals surface area contributed by atoms with Crippen LogP contribution in [-0.2, 0) is 19.4 Å². The number of anilines is 1. The van der Waals surface area contributed by atoms with E-state index in [-0.39, 0.29) is 5.56 Å². The average molecular weight is 347 g/mol. The Morgan fingerprint density at radius 2 is 2.00 bits per heavy atom. The molecule has 5 heteroatoms. The van der Waals surface area contributed by atoms with E-state index in [2.05, 4.69) is 45.6 Å². The van der Waals surface area contributed by atoms with E-state index in [1.54, 1.807) is 11.3 Å². The molecule has 2 aromatic heterocycles. The van der Waals surface area contributed by atoms with Gasteiger partial charge in [-0.15, -0.1) is 11.3 Å². The van der Waals surface area contributed by atoms with E-state index < -0.39 is 0 Å². The lowest BCUT2D eigenvalue weighted by molar-refractivity contribution is 0.914. The highest BCUT2D eigenvalue weighted by molar-refractivity contribution is 7.18. The van der Waals surface area contributed by atoms with E-state index in [9.17, 15) is 4.79 Å². The molecule has 2 heterocycles. The zero-order valence-electron chi connectivity index (χ0n) is 13.6. The molecule has 25 heavy (non-hydrogen) atoms. The highest BCUT2D eigenvalue weighted by Gasteiger charge is 2.20. The minimum Gasteiger partial charge on any atom is -0.378 e. The number of nitrogens with zero attached hydrogens (tertiary/aromatic N) is 1. The standard InChI is InChI=1S/C20H17N3OS/c24-19-18-15-6-3-7-16(15)25-20(18)23-17(22-19)11-21-14-9-8-12-4-1-2-5-13(12)10-14/h1-2,4-5,8-10,21H,3,6-7,11H2,(H,22,23,24). The van der Waals surface area contributed by atoms with Crippen molar-refractivity contribution in [2.24, 2.45) is 0 Å². The summed E-state index contributed by atoms with van der Waals surface area (Å²) in [6.45, 7) is 0.506. The van der Waals surface area contributed by atoms with Crippen molar-refractivity contribution in [3.63, 3.8) is 0 Å². The van der Waals surface area contributed by atoms with Gasteiger partial charge in [0.25, 0.3) is 5.56 Å². The predicted octanol–water partition coefficient (Wildman–Crippen LogP) is 4.24. The van der Waals surface area contributed by atoms with Gasteiger partial charge in [0.1, 0.15) is 10.7 Å². The van der Waals surface area contributed by atoms with Crippen LogP contribution < -0.4 is 10.9 Å². The molecule has 5 rings (SSSR count). The monoisotopic (exact) mass is 347 g/mol. The highest BCUT2D eigenvalue weighted by atomic mass is 32.1. The number of benzene rings is 2. The van der Waals surface area contributed by atoms with Crippen LogP contribution in [0.1, 0.15) is 22.7 Å². The Morgan fingerprint density at radius 1 is 1.12 bits per heavy atom. The summed E-state index contributed by atoms with van der Waals surface area (Å²) < 4.78 is 0. The number of aromatic amines is 1. The van der Waals surface area contributed by atoms with Gasteiger partial charge in [-0.25, -0.2) is 4.98 Å². The summed E-state index contributed by atoms with van der Waals surface area (Å²) in [6, 6.07) is 14.5. The lowest BCUT2D eigenvalue weighted by Gasteiger charge is -2.07. The van der Waals surface area contributed by atoms with Gasteiger partial charge in [-0.3, -0.25) is 4.79 Å². The van der Waals surface area contributed by atoms with E-state index in [1.807, 2.05) is 12.1 Å². The van der Waals surface area contributed by atoms with Gasteiger partial charge in [0.15, 0.2) is 0 Å². The van der Waals surface area contributed by atoms with Crippen molar-refractivity contribution < 1.29 is 0 Å². The molecule has 0 amide bonds. The van der Waals surface area contributed by atoms with Gasteiger partial charge in [-0.05, 0) is 47.7 Å². The summed E-state index contributed by atoms with van der Waals surface area (Å²) in [5.74, 6) is 0.686. The maximum atomic E-state index is 12.5. The number of hydrogen-bond donors (Lipinski definition) is 2.